The zero-order valence-electron chi connectivity index (χ0n) is 12.5. The minimum absolute atomic E-state index is 0.158. The van der Waals surface area contributed by atoms with E-state index in [1.54, 1.807) is 24.3 Å². The van der Waals surface area contributed by atoms with Gasteiger partial charge in [0.1, 0.15) is 5.82 Å². The molecule has 1 N–H and O–H groups in total. The first kappa shape index (κ1) is 16.1. The first-order chi connectivity index (χ1) is 10.7. The van der Waals surface area contributed by atoms with Gasteiger partial charge >= 0.3 is 0 Å². The maximum atomic E-state index is 12.9. The standard InChI is InChI=1S/C17H19FN2O2/c1-2-22-11-3-10-19-17(21)14-6-9-16(20-12-14)13-4-7-15(18)8-5-13/h4-9,12H,2-3,10-11H2,1H3,(H,19,21). The lowest BCUT2D eigenvalue weighted by Crippen LogP contribution is -2.25. The van der Waals surface area contributed by atoms with Gasteiger partial charge in [0.15, 0.2) is 0 Å². The van der Waals surface area contributed by atoms with Gasteiger partial charge < -0.3 is 10.1 Å². The largest absolute Gasteiger partial charge is 0.382 e. The van der Waals surface area contributed by atoms with Gasteiger partial charge in [0.05, 0.1) is 11.3 Å². The second-order valence-electron chi connectivity index (χ2n) is 4.75. The van der Waals surface area contributed by atoms with Gasteiger partial charge in [0, 0.05) is 31.5 Å². The molecule has 2 aromatic rings. The van der Waals surface area contributed by atoms with Crippen molar-refractivity contribution in [2.75, 3.05) is 19.8 Å². The molecule has 0 unspecified atom stereocenters. The van der Waals surface area contributed by atoms with Crippen LogP contribution in [-0.2, 0) is 4.74 Å². The van der Waals surface area contributed by atoms with E-state index in [1.807, 2.05) is 6.92 Å². The maximum Gasteiger partial charge on any atom is 0.252 e. The molecule has 1 aromatic carbocycles. The Hall–Kier alpha value is -2.27. The predicted molar refractivity (Wildman–Crippen MR) is 83.1 cm³/mol. The van der Waals surface area contributed by atoms with Crippen molar-refractivity contribution in [3.05, 3.63) is 54.0 Å². The molecule has 0 fully saturated rings. The molecule has 5 heteroatoms. The number of nitrogens with zero attached hydrogens (tertiary/aromatic N) is 1. The second-order valence-corrected chi connectivity index (χ2v) is 4.75. The Labute approximate surface area is 129 Å². The third-order valence-electron chi connectivity index (χ3n) is 3.12. The van der Waals surface area contributed by atoms with E-state index in [1.165, 1.54) is 18.3 Å². The number of amides is 1. The molecule has 0 saturated heterocycles. The molecular formula is C17H19FN2O2. The fourth-order valence-corrected chi connectivity index (χ4v) is 1.94. The van der Waals surface area contributed by atoms with Gasteiger partial charge in [-0.25, -0.2) is 4.39 Å². The molecule has 116 valence electrons. The number of carbonyl (C=O) groups excluding carboxylic acids is 1. The lowest BCUT2D eigenvalue weighted by atomic mass is 10.1. The van der Waals surface area contributed by atoms with Crippen molar-refractivity contribution < 1.29 is 13.9 Å². The summed E-state index contributed by atoms with van der Waals surface area (Å²) in [5, 5.41) is 2.82. The molecule has 0 aliphatic carbocycles. The molecule has 22 heavy (non-hydrogen) atoms. The molecule has 0 aliphatic heterocycles. The highest BCUT2D eigenvalue weighted by Gasteiger charge is 2.06. The Morgan fingerprint density at radius 1 is 1.23 bits per heavy atom. The van der Waals surface area contributed by atoms with E-state index in [9.17, 15) is 9.18 Å². The summed E-state index contributed by atoms with van der Waals surface area (Å²) in [5.41, 5.74) is 2.01. The van der Waals surface area contributed by atoms with Gasteiger partial charge in [-0.1, -0.05) is 0 Å². The number of carbonyl (C=O) groups is 1. The number of hydrogen-bond acceptors (Lipinski definition) is 3. The minimum Gasteiger partial charge on any atom is -0.382 e. The van der Waals surface area contributed by atoms with Crippen molar-refractivity contribution in [3.63, 3.8) is 0 Å². The fourth-order valence-electron chi connectivity index (χ4n) is 1.94. The SMILES string of the molecule is CCOCCCNC(=O)c1ccc(-c2ccc(F)cc2)nc1. The molecule has 4 nitrogen and oxygen atoms in total. The highest BCUT2D eigenvalue weighted by Crippen LogP contribution is 2.17. The average molecular weight is 302 g/mol. The number of rotatable bonds is 7. The van der Waals surface area contributed by atoms with Crippen LogP contribution in [0.25, 0.3) is 11.3 Å². The van der Waals surface area contributed by atoms with Crippen LogP contribution in [0.1, 0.15) is 23.7 Å². The van der Waals surface area contributed by atoms with Crippen molar-refractivity contribution in [1.29, 1.82) is 0 Å². The van der Waals surface area contributed by atoms with Gasteiger partial charge in [0.2, 0.25) is 0 Å². The van der Waals surface area contributed by atoms with E-state index in [0.717, 1.165) is 12.0 Å². The zero-order chi connectivity index (χ0) is 15.8. The van der Waals surface area contributed by atoms with Gasteiger partial charge in [0.25, 0.3) is 5.91 Å². The first-order valence-electron chi connectivity index (χ1n) is 7.28. The molecule has 0 atom stereocenters. The Balaban J connectivity index is 1.91. The second kappa shape index (κ2) is 8.24. The lowest BCUT2D eigenvalue weighted by molar-refractivity contribution is 0.0944. The molecule has 0 bridgehead atoms. The van der Waals surface area contributed by atoms with E-state index >= 15 is 0 Å². The quantitative estimate of drug-likeness (QED) is 0.800. The summed E-state index contributed by atoms with van der Waals surface area (Å²) in [6.45, 7) is 3.83. The van der Waals surface area contributed by atoms with Crippen LogP contribution < -0.4 is 5.32 Å². The topological polar surface area (TPSA) is 51.2 Å². The normalized spacial score (nSPS) is 10.5. The highest BCUT2D eigenvalue weighted by molar-refractivity contribution is 5.94. The van der Waals surface area contributed by atoms with Crippen molar-refractivity contribution in [3.8, 4) is 11.3 Å². The van der Waals surface area contributed by atoms with Gasteiger partial charge in [-0.3, -0.25) is 9.78 Å². The van der Waals surface area contributed by atoms with Crippen molar-refractivity contribution in [2.45, 2.75) is 13.3 Å². The summed E-state index contributed by atoms with van der Waals surface area (Å²) in [7, 11) is 0. The van der Waals surface area contributed by atoms with Crippen LogP contribution in [0, 0.1) is 5.82 Å². The van der Waals surface area contributed by atoms with E-state index in [-0.39, 0.29) is 11.7 Å². The first-order valence-corrected chi connectivity index (χ1v) is 7.28. The van der Waals surface area contributed by atoms with Crippen LogP contribution in [0.5, 0.6) is 0 Å². The molecule has 0 radical (unpaired) electrons. The van der Waals surface area contributed by atoms with Gasteiger partial charge in [-0.2, -0.15) is 0 Å². The van der Waals surface area contributed by atoms with E-state index in [0.29, 0.717) is 31.0 Å². The number of halogens is 1. The molecule has 0 spiro atoms. The summed E-state index contributed by atoms with van der Waals surface area (Å²) in [6, 6.07) is 9.55. The smallest absolute Gasteiger partial charge is 0.252 e. The van der Waals surface area contributed by atoms with Crippen LogP contribution in [-0.4, -0.2) is 30.6 Å². The van der Waals surface area contributed by atoms with Crippen LogP contribution >= 0.6 is 0 Å². The number of aromatic nitrogens is 1. The number of nitrogens with one attached hydrogen (secondary N) is 1. The summed E-state index contributed by atoms with van der Waals surface area (Å²) in [4.78, 5) is 16.2. The molecule has 1 amide bonds. The van der Waals surface area contributed by atoms with E-state index < -0.39 is 0 Å². The molecule has 1 heterocycles. The van der Waals surface area contributed by atoms with Crippen LogP contribution in [0.2, 0.25) is 0 Å². The Bertz CT molecular complexity index is 597. The van der Waals surface area contributed by atoms with Crippen molar-refractivity contribution in [2.24, 2.45) is 0 Å². The minimum atomic E-state index is -0.285. The Kier molecular flexibility index (Phi) is 6.03. The predicted octanol–water partition coefficient (Wildman–Crippen LogP) is 3.04. The molecule has 0 saturated carbocycles. The highest BCUT2D eigenvalue weighted by atomic mass is 19.1. The maximum absolute atomic E-state index is 12.9. The third-order valence-corrected chi connectivity index (χ3v) is 3.12. The summed E-state index contributed by atoms with van der Waals surface area (Å²) in [5.74, 6) is -0.443. The number of benzene rings is 1. The molecule has 2 rings (SSSR count). The summed E-state index contributed by atoms with van der Waals surface area (Å²) in [6.07, 6.45) is 2.30. The van der Waals surface area contributed by atoms with Crippen LogP contribution in [0.15, 0.2) is 42.6 Å². The van der Waals surface area contributed by atoms with E-state index in [2.05, 4.69) is 10.3 Å². The number of hydrogen-bond donors (Lipinski definition) is 1. The molecular weight excluding hydrogens is 283 g/mol. The van der Waals surface area contributed by atoms with E-state index in [4.69, 9.17) is 4.74 Å². The lowest BCUT2D eigenvalue weighted by Gasteiger charge is -2.06. The number of pyridine rings is 1. The van der Waals surface area contributed by atoms with Crippen LogP contribution in [0.4, 0.5) is 4.39 Å². The third kappa shape index (κ3) is 4.63. The fraction of sp³-hybridized carbons (Fsp3) is 0.294. The van der Waals surface area contributed by atoms with Crippen molar-refractivity contribution in [1.82, 2.24) is 10.3 Å². The molecule has 0 aliphatic rings. The van der Waals surface area contributed by atoms with Crippen molar-refractivity contribution >= 4 is 5.91 Å². The van der Waals surface area contributed by atoms with Gasteiger partial charge in [-0.05, 0) is 49.7 Å². The Morgan fingerprint density at radius 2 is 2.00 bits per heavy atom. The summed E-state index contributed by atoms with van der Waals surface area (Å²) < 4.78 is 18.1. The average Bonchev–Trinajstić information content (AvgIpc) is 2.55. The molecule has 1 aromatic heterocycles. The summed E-state index contributed by atoms with van der Waals surface area (Å²) >= 11 is 0. The van der Waals surface area contributed by atoms with Gasteiger partial charge in [-0.15, -0.1) is 0 Å². The number of ether oxygens (including phenoxy) is 1. The zero-order valence-corrected chi connectivity index (χ0v) is 12.5. The monoisotopic (exact) mass is 302 g/mol. The van der Waals surface area contributed by atoms with Crippen LogP contribution in [0.3, 0.4) is 0 Å². The Morgan fingerprint density at radius 3 is 2.64 bits per heavy atom.